The summed E-state index contributed by atoms with van der Waals surface area (Å²) in [6.07, 6.45) is 1.86. The highest BCUT2D eigenvalue weighted by atomic mass is 32.1. The average molecular weight is 547 g/mol. The lowest BCUT2D eigenvalue weighted by Crippen LogP contribution is -2.40. The van der Waals surface area contributed by atoms with Crippen LogP contribution >= 0.6 is 22.7 Å². The van der Waals surface area contributed by atoms with Gasteiger partial charge in [-0.3, -0.25) is 9.36 Å². The monoisotopic (exact) mass is 546 g/mol. The molecule has 38 heavy (non-hydrogen) atoms. The second-order valence-electron chi connectivity index (χ2n) is 8.57. The van der Waals surface area contributed by atoms with Gasteiger partial charge in [0, 0.05) is 12.0 Å². The molecule has 9 heteroatoms. The first kappa shape index (κ1) is 25.8. The van der Waals surface area contributed by atoms with Crippen molar-refractivity contribution in [2.24, 2.45) is 4.99 Å². The van der Waals surface area contributed by atoms with Gasteiger partial charge in [-0.15, -0.1) is 11.3 Å². The van der Waals surface area contributed by atoms with Crippen LogP contribution in [0.4, 0.5) is 0 Å². The molecule has 2 aromatic carbocycles. The number of thiazole rings is 1. The first-order valence-electron chi connectivity index (χ1n) is 12.0. The highest BCUT2D eigenvalue weighted by Crippen LogP contribution is 2.31. The normalized spacial score (nSPS) is 15.2. The topological polar surface area (TPSA) is 79.1 Å². The molecule has 0 bridgehead atoms. The number of carbonyl (C=O) groups excluding carboxylic acids is 1. The Labute approximate surface area is 227 Å². The van der Waals surface area contributed by atoms with Crippen LogP contribution < -0.4 is 19.6 Å². The van der Waals surface area contributed by atoms with Crippen molar-refractivity contribution in [2.75, 3.05) is 20.3 Å². The number of thiophene rings is 1. The Morgan fingerprint density at radius 1 is 1.05 bits per heavy atom. The Balaban J connectivity index is 1.53. The van der Waals surface area contributed by atoms with Crippen molar-refractivity contribution in [3.8, 4) is 5.75 Å². The molecule has 5 rings (SSSR count). The van der Waals surface area contributed by atoms with E-state index in [2.05, 4.69) is 4.99 Å². The van der Waals surface area contributed by atoms with Crippen LogP contribution in [0.5, 0.6) is 5.75 Å². The number of benzene rings is 2. The summed E-state index contributed by atoms with van der Waals surface area (Å²) in [4.78, 5) is 33.0. The highest BCUT2D eigenvalue weighted by Gasteiger charge is 2.33. The van der Waals surface area contributed by atoms with Crippen molar-refractivity contribution >= 4 is 34.7 Å². The lowest BCUT2D eigenvalue weighted by atomic mass is 9.96. The summed E-state index contributed by atoms with van der Waals surface area (Å²) >= 11 is 2.86. The van der Waals surface area contributed by atoms with Gasteiger partial charge in [0.2, 0.25) is 0 Å². The van der Waals surface area contributed by atoms with E-state index >= 15 is 0 Å². The number of methoxy groups -OCH3 is 1. The van der Waals surface area contributed by atoms with Gasteiger partial charge < -0.3 is 14.2 Å². The van der Waals surface area contributed by atoms with E-state index in [9.17, 15) is 9.59 Å². The average Bonchev–Trinajstić information content (AvgIpc) is 3.55. The number of esters is 1. The summed E-state index contributed by atoms with van der Waals surface area (Å²) in [5.41, 5.74) is 2.47. The predicted molar refractivity (Wildman–Crippen MR) is 148 cm³/mol. The van der Waals surface area contributed by atoms with Crippen molar-refractivity contribution in [1.82, 2.24) is 4.57 Å². The van der Waals surface area contributed by atoms with E-state index in [4.69, 9.17) is 14.2 Å². The maximum Gasteiger partial charge on any atom is 0.338 e. The van der Waals surface area contributed by atoms with Crippen molar-refractivity contribution in [2.45, 2.75) is 19.6 Å². The predicted octanol–water partition coefficient (Wildman–Crippen LogP) is 4.07. The second-order valence-corrected chi connectivity index (χ2v) is 10.6. The fourth-order valence-corrected chi connectivity index (χ4v) is 5.95. The Kier molecular flexibility index (Phi) is 7.97. The van der Waals surface area contributed by atoms with Crippen molar-refractivity contribution in [1.29, 1.82) is 0 Å². The molecule has 0 saturated heterocycles. The molecule has 0 aliphatic carbocycles. The maximum atomic E-state index is 13.7. The zero-order valence-electron chi connectivity index (χ0n) is 21.0. The molecule has 194 valence electrons. The van der Waals surface area contributed by atoms with E-state index in [-0.39, 0.29) is 18.8 Å². The maximum absolute atomic E-state index is 13.7. The first-order chi connectivity index (χ1) is 18.5. The highest BCUT2D eigenvalue weighted by molar-refractivity contribution is 7.11. The number of carbonyl (C=O) groups is 1. The van der Waals surface area contributed by atoms with Gasteiger partial charge in [0.25, 0.3) is 5.56 Å². The Bertz CT molecular complexity index is 1620. The van der Waals surface area contributed by atoms with E-state index in [1.165, 1.54) is 11.3 Å². The van der Waals surface area contributed by atoms with Crippen LogP contribution in [0.15, 0.2) is 93.2 Å². The smallest absolute Gasteiger partial charge is 0.338 e. The number of aromatic nitrogens is 1. The molecule has 0 amide bonds. The summed E-state index contributed by atoms with van der Waals surface area (Å²) in [6.45, 7) is 2.59. The molecule has 1 aliphatic heterocycles. The minimum atomic E-state index is -0.685. The minimum Gasteiger partial charge on any atom is -0.489 e. The van der Waals surface area contributed by atoms with Gasteiger partial charge in [-0.2, -0.15) is 0 Å². The van der Waals surface area contributed by atoms with E-state index in [0.717, 1.165) is 16.0 Å². The van der Waals surface area contributed by atoms with Gasteiger partial charge in [-0.05, 0) is 47.7 Å². The molecule has 7 nitrogen and oxygen atoms in total. The lowest BCUT2D eigenvalue weighted by molar-refractivity contribution is -0.140. The zero-order valence-corrected chi connectivity index (χ0v) is 22.6. The van der Waals surface area contributed by atoms with Gasteiger partial charge in [-0.1, -0.05) is 59.9 Å². The van der Waals surface area contributed by atoms with Crippen LogP contribution in [0.3, 0.4) is 0 Å². The van der Waals surface area contributed by atoms with Crippen molar-refractivity contribution in [3.63, 3.8) is 0 Å². The molecule has 0 saturated carbocycles. The molecule has 1 unspecified atom stereocenters. The molecule has 1 atom stereocenters. The summed E-state index contributed by atoms with van der Waals surface area (Å²) in [5.74, 6) is 0.165. The fraction of sp³-hybridized carbons (Fsp3) is 0.207. The van der Waals surface area contributed by atoms with Gasteiger partial charge in [0.05, 0.1) is 28.5 Å². The SMILES string of the molecule is COCCOC(=O)C1=C(C)N=c2sc(=Cc3cccs3)c(=O)n2C1c1ccc(OCc2ccccc2)cc1. The first-order valence-corrected chi connectivity index (χ1v) is 13.7. The molecule has 4 aromatic rings. The molecule has 1 aliphatic rings. The molecule has 0 spiro atoms. The number of ether oxygens (including phenoxy) is 3. The second kappa shape index (κ2) is 11.7. The van der Waals surface area contributed by atoms with Gasteiger partial charge >= 0.3 is 5.97 Å². The number of hydrogen-bond acceptors (Lipinski definition) is 8. The Hall–Kier alpha value is -3.79. The van der Waals surface area contributed by atoms with Gasteiger partial charge in [0.15, 0.2) is 4.80 Å². The fourth-order valence-electron chi connectivity index (χ4n) is 4.18. The third kappa shape index (κ3) is 5.55. The van der Waals surface area contributed by atoms with Crippen LogP contribution in [0.1, 0.15) is 29.0 Å². The molecule has 0 fully saturated rings. The molecule has 0 N–H and O–H groups in total. The largest absolute Gasteiger partial charge is 0.489 e. The summed E-state index contributed by atoms with van der Waals surface area (Å²) < 4.78 is 18.6. The molecular formula is C29H26N2O5S2. The molecular weight excluding hydrogens is 520 g/mol. The van der Waals surface area contributed by atoms with Crippen LogP contribution in [-0.2, 0) is 20.9 Å². The van der Waals surface area contributed by atoms with Gasteiger partial charge in [0.1, 0.15) is 19.0 Å². The van der Waals surface area contributed by atoms with Gasteiger partial charge in [-0.25, -0.2) is 9.79 Å². The van der Waals surface area contributed by atoms with Crippen molar-refractivity contribution in [3.05, 3.63) is 119 Å². The standard InChI is InChI=1S/C29H26N2O5S2/c1-19-25(28(33)35-15-14-34-2)26(21-10-12-22(13-11-21)36-18-20-7-4-3-5-8-20)31-27(32)24(38-29(31)30-19)17-23-9-6-16-37-23/h3-13,16-17,26H,14-15,18H2,1-2H3. The quantitative estimate of drug-likeness (QED) is 0.234. The number of allylic oxidation sites excluding steroid dienone is 1. The number of hydrogen-bond donors (Lipinski definition) is 0. The third-order valence-corrected chi connectivity index (χ3v) is 7.83. The van der Waals surface area contributed by atoms with Crippen LogP contribution in [0.25, 0.3) is 6.08 Å². The van der Waals surface area contributed by atoms with Crippen LogP contribution in [0.2, 0.25) is 0 Å². The van der Waals surface area contributed by atoms with E-state index in [1.807, 2.05) is 78.2 Å². The number of nitrogens with zero attached hydrogens (tertiary/aromatic N) is 2. The molecule has 3 heterocycles. The van der Waals surface area contributed by atoms with Crippen LogP contribution in [0, 0.1) is 0 Å². The Morgan fingerprint density at radius 3 is 2.55 bits per heavy atom. The third-order valence-electron chi connectivity index (χ3n) is 6.02. The number of rotatable bonds is 9. The summed E-state index contributed by atoms with van der Waals surface area (Å²) in [6, 6.07) is 20.6. The summed E-state index contributed by atoms with van der Waals surface area (Å²) in [5, 5.41) is 1.96. The minimum absolute atomic E-state index is 0.105. The van der Waals surface area contributed by atoms with E-state index in [0.29, 0.717) is 33.0 Å². The molecule has 2 aromatic heterocycles. The number of fused-ring (bicyclic) bond motifs is 1. The van der Waals surface area contributed by atoms with E-state index in [1.54, 1.807) is 29.9 Å². The van der Waals surface area contributed by atoms with Crippen molar-refractivity contribution < 1.29 is 19.0 Å². The summed E-state index contributed by atoms with van der Waals surface area (Å²) in [7, 11) is 1.54. The zero-order chi connectivity index (χ0) is 26.5. The van der Waals surface area contributed by atoms with Crippen LogP contribution in [-0.4, -0.2) is 30.9 Å². The van der Waals surface area contributed by atoms with E-state index < -0.39 is 12.0 Å². The lowest BCUT2D eigenvalue weighted by Gasteiger charge is -2.25. The Morgan fingerprint density at radius 2 is 1.84 bits per heavy atom. The molecule has 0 radical (unpaired) electrons.